The number of carbonyl (C=O) groups excluding carboxylic acids is 1. The highest BCUT2D eigenvalue weighted by Gasteiger charge is 2.32. The molecule has 0 atom stereocenters. The van der Waals surface area contributed by atoms with Crippen molar-refractivity contribution in [3.05, 3.63) is 71.8 Å². The Morgan fingerprint density at radius 2 is 1.81 bits per heavy atom. The molecule has 1 aliphatic heterocycles. The molecule has 132 valence electrons. The lowest BCUT2D eigenvalue weighted by molar-refractivity contribution is 0.0468. The number of hydrogen-bond donors (Lipinski definition) is 0. The molecule has 0 spiro atoms. The maximum Gasteiger partial charge on any atom is 0.255 e. The molecular formula is C21H22N4O. The molecule has 0 aliphatic carbocycles. The van der Waals surface area contributed by atoms with Crippen molar-refractivity contribution in [3.63, 3.8) is 0 Å². The first-order chi connectivity index (χ1) is 12.6. The van der Waals surface area contributed by atoms with E-state index in [2.05, 4.69) is 33.6 Å². The number of imidazole rings is 1. The van der Waals surface area contributed by atoms with Crippen molar-refractivity contribution in [1.82, 2.24) is 19.4 Å². The van der Waals surface area contributed by atoms with Crippen LogP contribution in [0.15, 0.2) is 54.9 Å². The van der Waals surface area contributed by atoms with E-state index in [0.29, 0.717) is 11.5 Å². The van der Waals surface area contributed by atoms with Gasteiger partial charge in [0.2, 0.25) is 0 Å². The molecule has 0 unspecified atom stereocenters. The first-order valence-corrected chi connectivity index (χ1v) is 8.91. The van der Waals surface area contributed by atoms with Crippen LogP contribution in [-0.4, -0.2) is 38.4 Å². The number of aryl methyl sites for hydroxylation is 2. The first-order valence-electron chi connectivity index (χ1n) is 8.91. The Kier molecular flexibility index (Phi) is 4.29. The maximum atomic E-state index is 12.5. The molecule has 0 radical (unpaired) electrons. The summed E-state index contributed by atoms with van der Waals surface area (Å²) in [6, 6.07) is 14.0. The molecule has 2 aromatic heterocycles. The number of carbonyl (C=O) groups is 1. The summed E-state index contributed by atoms with van der Waals surface area (Å²) in [6.45, 7) is 6.44. The second-order valence-electron chi connectivity index (χ2n) is 6.96. The van der Waals surface area contributed by atoms with Crippen LogP contribution >= 0.6 is 0 Å². The van der Waals surface area contributed by atoms with Gasteiger partial charge in [-0.25, -0.2) is 4.98 Å². The molecule has 4 rings (SSSR count). The second-order valence-corrected chi connectivity index (χ2v) is 6.96. The monoisotopic (exact) mass is 346 g/mol. The molecule has 5 nitrogen and oxygen atoms in total. The first kappa shape index (κ1) is 16.5. The van der Waals surface area contributed by atoms with E-state index >= 15 is 0 Å². The highest BCUT2D eigenvalue weighted by molar-refractivity contribution is 5.94. The molecule has 1 saturated heterocycles. The third-order valence-electron chi connectivity index (χ3n) is 4.93. The molecule has 3 aromatic rings. The van der Waals surface area contributed by atoms with Gasteiger partial charge in [-0.05, 0) is 26.0 Å². The van der Waals surface area contributed by atoms with Gasteiger partial charge in [-0.3, -0.25) is 9.78 Å². The van der Waals surface area contributed by atoms with Crippen molar-refractivity contribution in [2.45, 2.75) is 20.4 Å². The van der Waals surface area contributed by atoms with Crippen LogP contribution in [0, 0.1) is 19.8 Å². The molecule has 0 N–H and O–H groups in total. The van der Waals surface area contributed by atoms with Gasteiger partial charge in [0.25, 0.3) is 5.91 Å². The minimum atomic E-state index is 0.0689. The lowest BCUT2D eigenvalue weighted by Gasteiger charge is -2.39. The molecule has 1 amide bonds. The lowest BCUT2D eigenvalue weighted by atomic mass is 9.98. The fraction of sp³-hybridized carbons (Fsp3) is 0.286. The quantitative estimate of drug-likeness (QED) is 0.728. The van der Waals surface area contributed by atoms with Crippen LogP contribution in [-0.2, 0) is 6.54 Å². The van der Waals surface area contributed by atoms with E-state index < -0.39 is 0 Å². The SMILES string of the molecule is Cc1ccc(C(=O)N2CC(Cn3c(C)cnc3-c3ccccc3)C2)cn1. The Bertz CT molecular complexity index is 909. The van der Waals surface area contributed by atoms with Crippen molar-refractivity contribution in [2.75, 3.05) is 13.1 Å². The van der Waals surface area contributed by atoms with Gasteiger partial charge in [0.05, 0.1) is 5.56 Å². The van der Waals surface area contributed by atoms with Crippen molar-refractivity contribution in [1.29, 1.82) is 0 Å². The van der Waals surface area contributed by atoms with Crippen LogP contribution in [0.1, 0.15) is 21.7 Å². The number of aromatic nitrogens is 3. The number of rotatable bonds is 4. The van der Waals surface area contributed by atoms with Gasteiger partial charge in [-0.15, -0.1) is 0 Å². The van der Waals surface area contributed by atoms with Crippen LogP contribution in [0.4, 0.5) is 0 Å². The van der Waals surface area contributed by atoms with E-state index in [0.717, 1.165) is 42.4 Å². The zero-order chi connectivity index (χ0) is 18.1. The summed E-state index contributed by atoms with van der Waals surface area (Å²) >= 11 is 0. The number of amides is 1. The van der Waals surface area contributed by atoms with E-state index in [1.54, 1.807) is 6.20 Å². The normalized spacial score (nSPS) is 14.3. The molecule has 1 aromatic carbocycles. The number of pyridine rings is 1. The molecule has 0 saturated carbocycles. The fourth-order valence-electron chi connectivity index (χ4n) is 3.40. The van der Waals surface area contributed by atoms with E-state index in [-0.39, 0.29) is 5.91 Å². The number of benzene rings is 1. The number of hydrogen-bond acceptors (Lipinski definition) is 3. The van der Waals surface area contributed by atoms with Crippen LogP contribution in [0.5, 0.6) is 0 Å². The molecule has 5 heteroatoms. The maximum absolute atomic E-state index is 12.5. The number of nitrogens with zero attached hydrogens (tertiary/aromatic N) is 4. The van der Waals surface area contributed by atoms with Gasteiger partial charge < -0.3 is 9.47 Å². The summed E-state index contributed by atoms with van der Waals surface area (Å²) in [4.78, 5) is 23.2. The lowest BCUT2D eigenvalue weighted by Crippen LogP contribution is -2.51. The van der Waals surface area contributed by atoms with Gasteiger partial charge in [0.1, 0.15) is 5.82 Å². The Balaban J connectivity index is 1.43. The fourth-order valence-corrected chi connectivity index (χ4v) is 3.40. The van der Waals surface area contributed by atoms with Gasteiger partial charge in [0.15, 0.2) is 0 Å². The molecule has 3 heterocycles. The van der Waals surface area contributed by atoms with Crippen molar-refractivity contribution in [2.24, 2.45) is 5.92 Å². The topological polar surface area (TPSA) is 51.0 Å². The van der Waals surface area contributed by atoms with E-state index in [1.807, 2.05) is 48.4 Å². The van der Waals surface area contributed by atoms with E-state index in [1.165, 1.54) is 0 Å². The Hall–Kier alpha value is -2.95. The molecular weight excluding hydrogens is 324 g/mol. The molecule has 1 aliphatic rings. The van der Waals surface area contributed by atoms with Crippen molar-refractivity contribution in [3.8, 4) is 11.4 Å². The Morgan fingerprint density at radius 1 is 1.04 bits per heavy atom. The van der Waals surface area contributed by atoms with Crippen LogP contribution in [0.3, 0.4) is 0 Å². The van der Waals surface area contributed by atoms with Crippen molar-refractivity contribution < 1.29 is 4.79 Å². The summed E-state index contributed by atoms with van der Waals surface area (Å²) in [7, 11) is 0. The van der Waals surface area contributed by atoms with Crippen LogP contribution < -0.4 is 0 Å². The zero-order valence-corrected chi connectivity index (χ0v) is 15.1. The standard InChI is InChI=1S/C21H22N4O/c1-15-8-9-19(11-22-15)21(26)24-12-17(13-24)14-25-16(2)10-23-20(25)18-6-4-3-5-7-18/h3-11,17H,12-14H2,1-2H3. The summed E-state index contributed by atoms with van der Waals surface area (Å²) in [5.74, 6) is 1.52. The average Bonchev–Trinajstić information content (AvgIpc) is 2.99. The summed E-state index contributed by atoms with van der Waals surface area (Å²) in [6.07, 6.45) is 3.58. The molecule has 26 heavy (non-hydrogen) atoms. The third kappa shape index (κ3) is 3.12. The largest absolute Gasteiger partial charge is 0.338 e. The predicted octanol–water partition coefficient (Wildman–Crippen LogP) is 3.33. The summed E-state index contributed by atoms with van der Waals surface area (Å²) < 4.78 is 2.26. The molecule has 0 bridgehead atoms. The molecule has 1 fully saturated rings. The average molecular weight is 346 g/mol. The van der Waals surface area contributed by atoms with Crippen molar-refractivity contribution >= 4 is 5.91 Å². The predicted molar refractivity (Wildman–Crippen MR) is 101 cm³/mol. The minimum absolute atomic E-state index is 0.0689. The Labute approximate surface area is 153 Å². The summed E-state index contributed by atoms with van der Waals surface area (Å²) in [5.41, 5.74) is 3.86. The van der Waals surface area contributed by atoms with Crippen LogP contribution in [0.2, 0.25) is 0 Å². The minimum Gasteiger partial charge on any atom is -0.338 e. The van der Waals surface area contributed by atoms with Gasteiger partial charge in [-0.1, -0.05) is 30.3 Å². The van der Waals surface area contributed by atoms with Crippen LogP contribution in [0.25, 0.3) is 11.4 Å². The smallest absolute Gasteiger partial charge is 0.255 e. The number of likely N-dealkylation sites (tertiary alicyclic amines) is 1. The van der Waals surface area contributed by atoms with Gasteiger partial charge in [0, 0.05) is 54.9 Å². The Morgan fingerprint density at radius 3 is 2.50 bits per heavy atom. The van der Waals surface area contributed by atoms with Gasteiger partial charge >= 0.3 is 0 Å². The van der Waals surface area contributed by atoms with E-state index in [4.69, 9.17) is 0 Å². The zero-order valence-electron chi connectivity index (χ0n) is 15.1. The second kappa shape index (κ2) is 6.75. The van der Waals surface area contributed by atoms with E-state index in [9.17, 15) is 4.79 Å². The highest BCUT2D eigenvalue weighted by Crippen LogP contribution is 2.25. The highest BCUT2D eigenvalue weighted by atomic mass is 16.2. The van der Waals surface area contributed by atoms with Gasteiger partial charge in [-0.2, -0.15) is 0 Å². The summed E-state index contributed by atoms with van der Waals surface area (Å²) in [5, 5.41) is 0. The third-order valence-corrected chi connectivity index (χ3v) is 4.93.